The molecule has 0 saturated carbocycles. The lowest BCUT2D eigenvalue weighted by atomic mass is 9.97. The van der Waals surface area contributed by atoms with Gasteiger partial charge >= 0.3 is 0 Å². The molecule has 1 unspecified atom stereocenters. The molecule has 2 aromatic heterocycles. The molecule has 19 heavy (non-hydrogen) atoms. The Balaban J connectivity index is 1.75. The first-order chi connectivity index (χ1) is 9.25. The summed E-state index contributed by atoms with van der Waals surface area (Å²) in [6, 6.07) is 1.76. The van der Waals surface area contributed by atoms with Crippen LogP contribution in [0.2, 0.25) is 0 Å². The average molecular weight is 259 g/mol. The van der Waals surface area contributed by atoms with E-state index in [0.717, 1.165) is 31.8 Å². The van der Waals surface area contributed by atoms with Crippen molar-refractivity contribution in [3.8, 4) is 0 Å². The fourth-order valence-electron chi connectivity index (χ4n) is 2.63. The maximum Gasteiger partial charge on any atom is 0.272 e. The van der Waals surface area contributed by atoms with Crippen LogP contribution in [0.25, 0.3) is 0 Å². The Morgan fingerprint density at radius 3 is 3.05 bits per heavy atom. The van der Waals surface area contributed by atoms with Gasteiger partial charge < -0.3 is 9.88 Å². The van der Waals surface area contributed by atoms with Crippen LogP contribution in [0.5, 0.6) is 0 Å². The molecule has 1 fully saturated rings. The zero-order chi connectivity index (χ0) is 13.2. The molecule has 2 aromatic rings. The van der Waals surface area contributed by atoms with Gasteiger partial charge in [0.1, 0.15) is 11.5 Å². The van der Waals surface area contributed by atoms with Crippen LogP contribution in [0.15, 0.2) is 24.7 Å². The summed E-state index contributed by atoms with van der Waals surface area (Å²) in [5.41, 5.74) is 0.639. The van der Waals surface area contributed by atoms with Gasteiger partial charge in [0, 0.05) is 44.6 Å². The Labute approximate surface area is 111 Å². The third-order valence-corrected chi connectivity index (χ3v) is 3.65. The van der Waals surface area contributed by atoms with Gasteiger partial charge in [0.15, 0.2) is 0 Å². The van der Waals surface area contributed by atoms with Gasteiger partial charge in [0.05, 0.1) is 0 Å². The third kappa shape index (κ3) is 2.25. The van der Waals surface area contributed by atoms with E-state index in [1.54, 1.807) is 30.2 Å². The molecule has 3 heterocycles. The number of aromatic nitrogens is 4. The number of hydrogen-bond acceptors (Lipinski definition) is 3. The standard InChI is InChI=1S/C13H17N5O/c1-17-11(4-5-16-17)13(19)18-8-2-3-10(9-18)12-14-6-7-15-12/h4-7,10H,2-3,8-9H2,1H3,(H,14,15). The molecule has 0 spiro atoms. The fourth-order valence-corrected chi connectivity index (χ4v) is 2.63. The number of hydrogen-bond donors (Lipinski definition) is 1. The van der Waals surface area contributed by atoms with E-state index in [1.165, 1.54) is 0 Å². The molecule has 1 aliphatic heterocycles. The molecule has 1 aliphatic rings. The van der Waals surface area contributed by atoms with Crippen molar-refractivity contribution in [2.45, 2.75) is 18.8 Å². The Bertz CT molecular complexity index is 559. The second-order valence-electron chi connectivity index (χ2n) is 4.90. The minimum Gasteiger partial charge on any atom is -0.348 e. The van der Waals surface area contributed by atoms with Crippen LogP contribution in [0.4, 0.5) is 0 Å². The molecule has 6 nitrogen and oxygen atoms in total. The summed E-state index contributed by atoms with van der Waals surface area (Å²) in [7, 11) is 1.79. The predicted octanol–water partition coefficient (Wildman–Crippen LogP) is 1.16. The van der Waals surface area contributed by atoms with E-state index in [1.807, 2.05) is 11.1 Å². The summed E-state index contributed by atoms with van der Waals surface area (Å²) in [4.78, 5) is 21.8. The highest BCUT2D eigenvalue weighted by Crippen LogP contribution is 2.25. The lowest BCUT2D eigenvalue weighted by Gasteiger charge is -2.31. The Morgan fingerprint density at radius 1 is 1.47 bits per heavy atom. The van der Waals surface area contributed by atoms with Gasteiger partial charge in [-0.1, -0.05) is 0 Å². The number of H-pyrrole nitrogens is 1. The summed E-state index contributed by atoms with van der Waals surface area (Å²) in [5.74, 6) is 1.33. The van der Waals surface area contributed by atoms with Crippen LogP contribution >= 0.6 is 0 Å². The van der Waals surface area contributed by atoms with Crippen LogP contribution in [0.1, 0.15) is 35.1 Å². The van der Waals surface area contributed by atoms with Crippen molar-refractivity contribution in [3.63, 3.8) is 0 Å². The fraction of sp³-hybridized carbons (Fsp3) is 0.462. The minimum atomic E-state index is 0.0521. The maximum atomic E-state index is 12.4. The number of piperidine rings is 1. The summed E-state index contributed by atoms with van der Waals surface area (Å²) >= 11 is 0. The second kappa shape index (κ2) is 4.87. The zero-order valence-electron chi connectivity index (χ0n) is 10.9. The quantitative estimate of drug-likeness (QED) is 0.880. The minimum absolute atomic E-state index is 0.0521. The third-order valence-electron chi connectivity index (χ3n) is 3.65. The van der Waals surface area contributed by atoms with E-state index in [4.69, 9.17) is 0 Å². The highest BCUT2D eigenvalue weighted by molar-refractivity contribution is 5.92. The normalized spacial score (nSPS) is 19.6. The summed E-state index contributed by atoms with van der Waals surface area (Å²) in [5, 5.41) is 4.05. The van der Waals surface area contributed by atoms with Crippen molar-refractivity contribution < 1.29 is 4.79 Å². The van der Waals surface area contributed by atoms with Gasteiger partial charge in [-0.15, -0.1) is 0 Å². The SMILES string of the molecule is Cn1nccc1C(=O)N1CCCC(c2ncc[nH]2)C1. The lowest BCUT2D eigenvalue weighted by molar-refractivity contribution is 0.0693. The van der Waals surface area contributed by atoms with Crippen molar-refractivity contribution >= 4 is 5.91 Å². The lowest BCUT2D eigenvalue weighted by Crippen LogP contribution is -2.40. The van der Waals surface area contributed by atoms with E-state index >= 15 is 0 Å². The molecule has 0 radical (unpaired) electrons. The number of rotatable bonds is 2. The number of likely N-dealkylation sites (tertiary alicyclic amines) is 1. The highest BCUT2D eigenvalue weighted by Gasteiger charge is 2.27. The summed E-state index contributed by atoms with van der Waals surface area (Å²) < 4.78 is 1.62. The molecular formula is C13H17N5O. The molecule has 1 amide bonds. The van der Waals surface area contributed by atoms with Crippen LogP contribution in [0.3, 0.4) is 0 Å². The van der Waals surface area contributed by atoms with E-state index < -0.39 is 0 Å². The van der Waals surface area contributed by atoms with Crippen molar-refractivity contribution in [3.05, 3.63) is 36.2 Å². The maximum absolute atomic E-state index is 12.4. The predicted molar refractivity (Wildman–Crippen MR) is 69.7 cm³/mol. The zero-order valence-corrected chi connectivity index (χ0v) is 10.9. The molecular weight excluding hydrogens is 242 g/mol. The van der Waals surface area contributed by atoms with E-state index in [0.29, 0.717) is 11.6 Å². The molecule has 100 valence electrons. The molecule has 1 atom stereocenters. The largest absolute Gasteiger partial charge is 0.348 e. The summed E-state index contributed by atoms with van der Waals surface area (Å²) in [6.07, 6.45) is 7.33. The van der Waals surface area contributed by atoms with Crippen molar-refractivity contribution in [1.82, 2.24) is 24.6 Å². The molecule has 1 N–H and O–H groups in total. The molecule has 6 heteroatoms. The molecule has 3 rings (SSSR count). The number of amides is 1. The van der Waals surface area contributed by atoms with E-state index in [9.17, 15) is 4.79 Å². The van der Waals surface area contributed by atoms with Gasteiger partial charge in [-0.25, -0.2) is 4.98 Å². The topological polar surface area (TPSA) is 66.8 Å². The summed E-state index contributed by atoms with van der Waals surface area (Å²) in [6.45, 7) is 1.53. The van der Waals surface area contributed by atoms with E-state index in [-0.39, 0.29) is 5.91 Å². The van der Waals surface area contributed by atoms with Gasteiger partial charge in [-0.05, 0) is 18.9 Å². The average Bonchev–Trinajstić information content (AvgIpc) is 3.09. The number of carbonyl (C=O) groups is 1. The van der Waals surface area contributed by atoms with E-state index in [2.05, 4.69) is 15.1 Å². The smallest absolute Gasteiger partial charge is 0.272 e. The van der Waals surface area contributed by atoms with Gasteiger partial charge in [-0.2, -0.15) is 5.10 Å². The van der Waals surface area contributed by atoms with Crippen LogP contribution in [-0.4, -0.2) is 43.6 Å². The monoisotopic (exact) mass is 259 g/mol. The number of imidazole rings is 1. The first kappa shape index (κ1) is 12.0. The molecule has 0 aromatic carbocycles. The van der Waals surface area contributed by atoms with Crippen molar-refractivity contribution in [2.24, 2.45) is 7.05 Å². The Morgan fingerprint density at radius 2 is 2.37 bits per heavy atom. The first-order valence-electron chi connectivity index (χ1n) is 6.52. The molecule has 1 saturated heterocycles. The van der Waals surface area contributed by atoms with Crippen LogP contribution in [-0.2, 0) is 7.05 Å². The first-order valence-corrected chi connectivity index (χ1v) is 6.52. The Kier molecular flexibility index (Phi) is 3.06. The van der Waals surface area contributed by atoms with Gasteiger partial charge in [0.25, 0.3) is 5.91 Å². The van der Waals surface area contributed by atoms with Crippen molar-refractivity contribution in [1.29, 1.82) is 0 Å². The van der Waals surface area contributed by atoms with Crippen molar-refractivity contribution in [2.75, 3.05) is 13.1 Å². The number of nitrogens with zero attached hydrogens (tertiary/aromatic N) is 4. The number of aryl methyl sites for hydroxylation is 1. The van der Waals surface area contributed by atoms with Crippen LogP contribution in [0, 0.1) is 0 Å². The molecule has 0 bridgehead atoms. The van der Waals surface area contributed by atoms with Gasteiger partial charge in [0.2, 0.25) is 0 Å². The van der Waals surface area contributed by atoms with Crippen LogP contribution < -0.4 is 0 Å². The number of nitrogens with one attached hydrogen (secondary N) is 1. The molecule has 0 aliphatic carbocycles. The second-order valence-corrected chi connectivity index (χ2v) is 4.90. The number of carbonyl (C=O) groups excluding carboxylic acids is 1. The Hall–Kier alpha value is -2.11. The van der Waals surface area contributed by atoms with Gasteiger partial charge in [-0.3, -0.25) is 9.48 Å². The number of aromatic amines is 1. The highest BCUT2D eigenvalue weighted by atomic mass is 16.2.